The molecule has 2 rings (SSSR count). The number of rotatable bonds is 3. The molecule has 1 aromatic rings. The van der Waals surface area contributed by atoms with E-state index in [1.165, 1.54) is 11.1 Å². The van der Waals surface area contributed by atoms with Crippen molar-refractivity contribution in [2.75, 3.05) is 19.6 Å². The second-order valence-electron chi connectivity index (χ2n) is 5.04. The van der Waals surface area contributed by atoms with E-state index in [0.29, 0.717) is 19.0 Å². The minimum absolute atomic E-state index is 0. The molecule has 124 valence electrons. The van der Waals surface area contributed by atoms with Gasteiger partial charge in [0.2, 0.25) is 0 Å². The van der Waals surface area contributed by atoms with Gasteiger partial charge in [-0.3, -0.25) is 4.99 Å². The summed E-state index contributed by atoms with van der Waals surface area (Å²) in [6.07, 6.45) is -4.15. The largest absolute Gasteiger partial charge is 0.390 e. The molecular formula is C15H21F3IN3. The van der Waals surface area contributed by atoms with Gasteiger partial charge in [0.15, 0.2) is 5.96 Å². The maximum atomic E-state index is 12.2. The van der Waals surface area contributed by atoms with Gasteiger partial charge in [-0.05, 0) is 24.5 Å². The van der Waals surface area contributed by atoms with E-state index in [1.807, 2.05) is 24.0 Å². The highest BCUT2D eigenvalue weighted by Crippen LogP contribution is 2.20. The summed E-state index contributed by atoms with van der Waals surface area (Å²) in [4.78, 5) is 6.12. The summed E-state index contributed by atoms with van der Waals surface area (Å²) in [5.74, 6) is 0.566. The first-order valence-electron chi connectivity index (χ1n) is 7.16. The number of hydrogen-bond acceptors (Lipinski definition) is 1. The van der Waals surface area contributed by atoms with Crippen LogP contribution >= 0.6 is 24.0 Å². The SMILES string of the molecule is CCNC(=NCCC(F)(F)F)N1CCc2ccccc2C1.I. The average molecular weight is 427 g/mol. The first-order valence-corrected chi connectivity index (χ1v) is 7.16. The fourth-order valence-corrected chi connectivity index (χ4v) is 2.39. The van der Waals surface area contributed by atoms with Crippen molar-refractivity contribution < 1.29 is 13.2 Å². The summed E-state index contributed by atoms with van der Waals surface area (Å²) in [5, 5.41) is 3.08. The maximum Gasteiger partial charge on any atom is 0.390 e. The van der Waals surface area contributed by atoms with Crippen LogP contribution in [0.15, 0.2) is 29.3 Å². The Morgan fingerprint density at radius 2 is 1.95 bits per heavy atom. The Kier molecular flexibility index (Phi) is 7.44. The lowest BCUT2D eigenvalue weighted by molar-refractivity contribution is -0.132. The zero-order chi connectivity index (χ0) is 15.3. The lowest BCUT2D eigenvalue weighted by Crippen LogP contribution is -2.44. The molecule has 0 unspecified atom stereocenters. The zero-order valence-electron chi connectivity index (χ0n) is 12.5. The third-order valence-corrected chi connectivity index (χ3v) is 3.42. The van der Waals surface area contributed by atoms with Crippen LogP contribution in [0.3, 0.4) is 0 Å². The second kappa shape index (κ2) is 8.59. The summed E-state index contributed by atoms with van der Waals surface area (Å²) in [6.45, 7) is 3.78. The predicted molar refractivity (Wildman–Crippen MR) is 92.6 cm³/mol. The average Bonchev–Trinajstić information content (AvgIpc) is 2.44. The summed E-state index contributed by atoms with van der Waals surface area (Å²) >= 11 is 0. The van der Waals surface area contributed by atoms with Gasteiger partial charge in [0.25, 0.3) is 0 Å². The van der Waals surface area contributed by atoms with Gasteiger partial charge in [-0.1, -0.05) is 24.3 Å². The molecule has 1 aromatic carbocycles. The van der Waals surface area contributed by atoms with Gasteiger partial charge in [-0.25, -0.2) is 0 Å². The molecule has 1 aliphatic rings. The van der Waals surface area contributed by atoms with Crippen LogP contribution in [0.25, 0.3) is 0 Å². The van der Waals surface area contributed by atoms with Crippen LogP contribution in [-0.2, 0) is 13.0 Å². The number of nitrogens with zero attached hydrogens (tertiary/aromatic N) is 2. The zero-order valence-corrected chi connectivity index (χ0v) is 14.8. The smallest absolute Gasteiger partial charge is 0.357 e. The molecule has 0 atom stereocenters. The van der Waals surface area contributed by atoms with E-state index in [1.54, 1.807) is 0 Å². The quantitative estimate of drug-likeness (QED) is 0.454. The molecule has 7 heteroatoms. The Balaban J connectivity index is 0.00000242. The number of guanidine groups is 1. The summed E-state index contributed by atoms with van der Waals surface area (Å²) < 4.78 is 36.7. The molecule has 0 saturated carbocycles. The highest BCUT2D eigenvalue weighted by atomic mass is 127. The standard InChI is InChI=1S/C15H20F3N3.HI/c1-2-19-14(20-9-8-15(16,17)18)21-10-7-12-5-3-4-6-13(12)11-21;/h3-6H,2,7-11H2,1H3,(H,19,20);1H. The van der Waals surface area contributed by atoms with Gasteiger partial charge in [0, 0.05) is 19.6 Å². The van der Waals surface area contributed by atoms with Crippen molar-refractivity contribution in [1.82, 2.24) is 10.2 Å². The van der Waals surface area contributed by atoms with Crippen molar-refractivity contribution >= 4 is 29.9 Å². The number of alkyl halides is 3. The monoisotopic (exact) mass is 427 g/mol. The lowest BCUT2D eigenvalue weighted by Gasteiger charge is -2.31. The topological polar surface area (TPSA) is 27.6 Å². The van der Waals surface area contributed by atoms with Crippen molar-refractivity contribution in [3.63, 3.8) is 0 Å². The number of aliphatic imine (C=N–C) groups is 1. The van der Waals surface area contributed by atoms with Crippen molar-refractivity contribution in [1.29, 1.82) is 0 Å². The lowest BCUT2D eigenvalue weighted by atomic mass is 10.0. The van der Waals surface area contributed by atoms with Gasteiger partial charge >= 0.3 is 6.18 Å². The molecule has 3 nitrogen and oxygen atoms in total. The van der Waals surface area contributed by atoms with Gasteiger partial charge < -0.3 is 10.2 Å². The van der Waals surface area contributed by atoms with Crippen molar-refractivity contribution in [2.24, 2.45) is 4.99 Å². The van der Waals surface area contributed by atoms with E-state index in [2.05, 4.69) is 22.4 Å². The van der Waals surface area contributed by atoms with E-state index in [9.17, 15) is 13.2 Å². The number of nitrogens with one attached hydrogen (secondary N) is 1. The van der Waals surface area contributed by atoms with Gasteiger partial charge in [-0.2, -0.15) is 13.2 Å². The van der Waals surface area contributed by atoms with Crippen molar-refractivity contribution in [3.05, 3.63) is 35.4 Å². The predicted octanol–water partition coefficient (Wildman–Crippen LogP) is 3.58. The molecule has 1 aliphatic heterocycles. The first kappa shape index (κ1) is 19.1. The van der Waals surface area contributed by atoms with E-state index in [4.69, 9.17) is 0 Å². The molecule has 0 aliphatic carbocycles. The van der Waals surface area contributed by atoms with E-state index >= 15 is 0 Å². The third kappa shape index (κ3) is 5.66. The third-order valence-electron chi connectivity index (χ3n) is 3.42. The van der Waals surface area contributed by atoms with E-state index in [0.717, 1.165) is 13.0 Å². The van der Waals surface area contributed by atoms with Crippen LogP contribution in [0.2, 0.25) is 0 Å². The highest BCUT2D eigenvalue weighted by Gasteiger charge is 2.26. The Labute approximate surface area is 146 Å². The normalized spacial score (nSPS) is 15.1. The number of halogens is 4. The maximum absolute atomic E-state index is 12.2. The molecule has 0 aromatic heterocycles. The van der Waals surface area contributed by atoms with Crippen LogP contribution in [0.5, 0.6) is 0 Å². The molecule has 0 radical (unpaired) electrons. The molecule has 0 saturated heterocycles. The van der Waals surface area contributed by atoms with Crippen LogP contribution in [-0.4, -0.2) is 36.7 Å². The molecule has 22 heavy (non-hydrogen) atoms. The van der Waals surface area contributed by atoms with Crippen LogP contribution < -0.4 is 5.32 Å². The Morgan fingerprint density at radius 3 is 2.59 bits per heavy atom. The number of hydrogen-bond donors (Lipinski definition) is 1. The Morgan fingerprint density at radius 1 is 1.27 bits per heavy atom. The summed E-state index contributed by atoms with van der Waals surface area (Å²) in [7, 11) is 0. The molecule has 0 amide bonds. The highest BCUT2D eigenvalue weighted by molar-refractivity contribution is 14.0. The van der Waals surface area contributed by atoms with E-state index in [-0.39, 0.29) is 30.5 Å². The fourth-order valence-electron chi connectivity index (χ4n) is 2.39. The Hall–Kier alpha value is -0.990. The van der Waals surface area contributed by atoms with Crippen molar-refractivity contribution in [2.45, 2.75) is 32.5 Å². The van der Waals surface area contributed by atoms with Crippen molar-refractivity contribution in [3.8, 4) is 0 Å². The molecule has 0 spiro atoms. The molecule has 1 N–H and O–H groups in total. The second-order valence-corrected chi connectivity index (χ2v) is 5.04. The fraction of sp³-hybridized carbons (Fsp3) is 0.533. The summed E-state index contributed by atoms with van der Waals surface area (Å²) in [5.41, 5.74) is 2.52. The molecular weight excluding hydrogens is 406 g/mol. The van der Waals surface area contributed by atoms with Gasteiger partial charge in [0.05, 0.1) is 13.0 Å². The molecule has 0 fully saturated rings. The van der Waals surface area contributed by atoms with Gasteiger partial charge in [0.1, 0.15) is 0 Å². The van der Waals surface area contributed by atoms with Crippen LogP contribution in [0.1, 0.15) is 24.5 Å². The van der Waals surface area contributed by atoms with E-state index < -0.39 is 12.6 Å². The number of benzene rings is 1. The Bertz CT molecular complexity index is 503. The molecule has 0 bridgehead atoms. The number of fused-ring (bicyclic) bond motifs is 1. The summed E-state index contributed by atoms with van der Waals surface area (Å²) in [6, 6.07) is 8.15. The molecule has 1 heterocycles. The first-order chi connectivity index (χ1) is 9.99. The minimum Gasteiger partial charge on any atom is -0.357 e. The minimum atomic E-state index is -4.16. The van der Waals surface area contributed by atoms with Crippen LogP contribution in [0, 0.1) is 0 Å². The van der Waals surface area contributed by atoms with Crippen LogP contribution in [0.4, 0.5) is 13.2 Å². The van der Waals surface area contributed by atoms with Gasteiger partial charge in [-0.15, -0.1) is 24.0 Å².